The zero-order valence-corrected chi connectivity index (χ0v) is 10.5. The summed E-state index contributed by atoms with van der Waals surface area (Å²) in [6, 6.07) is 5.22. The number of benzene rings is 1. The van der Waals surface area contributed by atoms with Crippen molar-refractivity contribution in [1.82, 2.24) is 0 Å². The third-order valence-corrected chi connectivity index (χ3v) is 2.57. The van der Waals surface area contributed by atoms with E-state index in [1.54, 1.807) is 38.1 Å². The Morgan fingerprint density at radius 1 is 1.38 bits per heavy atom. The Labute approximate surface area is 105 Å². The van der Waals surface area contributed by atoms with Gasteiger partial charge in [-0.05, 0) is 31.6 Å². The van der Waals surface area contributed by atoms with Crippen molar-refractivity contribution in [2.24, 2.45) is 0 Å². The minimum atomic E-state index is -0.397. The Balaban J connectivity index is 2.77. The third kappa shape index (κ3) is 3.87. The van der Waals surface area contributed by atoms with Crippen LogP contribution in [-0.2, 0) is 9.53 Å². The molecule has 0 radical (unpaired) electrons. The summed E-state index contributed by atoms with van der Waals surface area (Å²) in [4.78, 5) is 11.2. The molecule has 0 aliphatic heterocycles. The largest absolute Gasteiger partial charge is 0.460 e. The summed E-state index contributed by atoms with van der Waals surface area (Å²) < 4.78 is 4.94. The van der Waals surface area contributed by atoms with Gasteiger partial charge in [-0.25, -0.2) is 4.79 Å². The highest BCUT2D eigenvalue weighted by atomic mass is 35.5. The number of halogens is 2. The van der Waals surface area contributed by atoms with E-state index in [9.17, 15) is 4.79 Å². The first-order chi connectivity index (χ1) is 7.50. The molecular formula is C12H12Cl2O2. The van der Waals surface area contributed by atoms with Crippen LogP contribution in [0.3, 0.4) is 0 Å². The summed E-state index contributed by atoms with van der Waals surface area (Å²) in [6.45, 7) is 3.58. The molecule has 1 aromatic rings. The summed E-state index contributed by atoms with van der Waals surface area (Å²) in [6.07, 6.45) is 2.78. The summed E-state index contributed by atoms with van der Waals surface area (Å²) in [7, 11) is 0. The number of hydrogen-bond acceptors (Lipinski definition) is 2. The number of rotatable bonds is 3. The Bertz CT molecular complexity index is 411. The molecule has 0 aliphatic rings. The second-order valence-corrected chi connectivity index (χ2v) is 4.25. The van der Waals surface area contributed by atoms with Crippen molar-refractivity contribution in [3.05, 3.63) is 39.9 Å². The third-order valence-electron chi connectivity index (χ3n) is 1.73. The van der Waals surface area contributed by atoms with Crippen molar-refractivity contribution < 1.29 is 9.53 Å². The topological polar surface area (TPSA) is 26.3 Å². The molecule has 16 heavy (non-hydrogen) atoms. The van der Waals surface area contributed by atoms with Gasteiger partial charge in [0.2, 0.25) is 0 Å². The van der Waals surface area contributed by atoms with E-state index in [-0.39, 0.29) is 6.10 Å². The van der Waals surface area contributed by atoms with Gasteiger partial charge in [-0.2, -0.15) is 0 Å². The van der Waals surface area contributed by atoms with Crippen LogP contribution in [0.15, 0.2) is 24.3 Å². The van der Waals surface area contributed by atoms with Gasteiger partial charge in [0.1, 0.15) is 0 Å². The van der Waals surface area contributed by atoms with Crippen molar-refractivity contribution in [3.8, 4) is 0 Å². The molecule has 0 heterocycles. The first-order valence-corrected chi connectivity index (χ1v) is 5.59. The summed E-state index contributed by atoms with van der Waals surface area (Å²) >= 11 is 11.8. The van der Waals surface area contributed by atoms with Crippen LogP contribution in [0.25, 0.3) is 6.08 Å². The van der Waals surface area contributed by atoms with Crippen LogP contribution in [0.4, 0.5) is 0 Å². The van der Waals surface area contributed by atoms with Crippen LogP contribution in [0, 0.1) is 0 Å². The van der Waals surface area contributed by atoms with Gasteiger partial charge in [0.15, 0.2) is 0 Å². The number of esters is 1. The lowest BCUT2D eigenvalue weighted by molar-refractivity contribution is -0.141. The second-order valence-electron chi connectivity index (χ2n) is 3.46. The minimum absolute atomic E-state index is 0.132. The van der Waals surface area contributed by atoms with E-state index in [0.29, 0.717) is 15.6 Å². The highest BCUT2D eigenvalue weighted by Gasteiger charge is 2.03. The number of carbonyl (C=O) groups is 1. The SMILES string of the molecule is CC(C)OC(=O)/C=C\c1cccc(Cl)c1Cl. The van der Waals surface area contributed by atoms with Gasteiger partial charge >= 0.3 is 5.97 Å². The predicted molar refractivity (Wildman–Crippen MR) is 66.7 cm³/mol. The molecule has 0 unspecified atom stereocenters. The molecule has 0 saturated heterocycles. The van der Waals surface area contributed by atoms with E-state index in [1.807, 2.05) is 0 Å². The molecule has 0 N–H and O–H groups in total. The monoisotopic (exact) mass is 258 g/mol. The second kappa shape index (κ2) is 5.92. The summed E-state index contributed by atoms with van der Waals surface area (Å²) in [5.74, 6) is -0.397. The maximum atomic E-state index is 11.2. The van der Waals surface area contributed by atoms with Crippen LogP contribution in [0.1, 0.15) is 19.4 Å². The number of ether oxygens (including phenoxy) is 1. The highest BCUT2D eigenvalue weighted by Crippen LogP contribution is 2.26. The molecule has 0 atom stereocenters. The molecule has 0 fully saturated rings. The van der Waals surface area contributed by atoms with Crippen molar-refractivity contribution >= 4 is 35.2 Å². The number of carbonyl (C=O) groups excluding carboxylic acids is 1. The van der Waals surface area contributed by atoms with Crippen molar-refractivity contribution in [2.45, 2.75) is 20.0 Å². The molecule has 1 aromatic carbocycles. The fourth-order valence-electron chi connectivity index (χ4n) is 1.08. The Morgan fingerprint density at radius 2 is 2.06 bits per heavy atom. The van der Waals surface area contributed by atoms with Crippen LogP contribution >= 0.6 is 23.2 Å². The highest BCUT2D eigenvalue weighted by molar-refractivity contribution is 6.42. The van der Waals surface area contributed by atoms with Gasteiger partial charge < -0.3 is 4.74 Å². The fourth-order valence-corrected chi connectivity index (χ4v) is 1.45. The smallest absolute Gasteiger partial charge is 0.331 e. The van der Waals surface area contributed by atoms with E-state index in [1.165, 1.54) is 6.08 Å². The van der Waals surface area contributed by atoms with E-state index in [2.05, 4.69) is 0 Å². The molecule has 0 aliphatic carbocycles. The van der Waals surface area contributed by atoms with Crippen LogP contribution in [-0.4, -0.2) is 12.1 Å². The standard InChI is InChI=1S/C12H12Cl2O2/c1-8(2)16-11(15)7-6-9-4-3-5-10(13)12(9)14/h3-8H,1-2H3/b7-6-. The van der Waals surface area contributed by atoms with E-state index in [4.69, 9.17) is 27.9 Å². The van der Waals surface area contributed by atoms with E-state index in [0.717, 1.165) is 0 Å². The summed E-state index contributed by atoms with van der Waals surface area (Å²) in [5, 5.41) is 0.888. The molecule has 4 heteroatoms. The predicted octanol–water partition coefficient (Wildman–Crippen LogP) is 3.96. The molecule has 1 rings (SSSR count). The average molecular weight is 259 g/mol. The van der Waals surface area contributed by atoms with Crippen molar-refractivity contribution in [3.63, 3.8) is 0 Å². The number of hydrogen-bond donors (Lipinski definition) is 0. The van der Waals surface area contributed by atoms with Gasteiger partial charge in [-0.1, -0.05) is 35.3 Å². The van der Waals surface area contributed by atoms with Crippen LogP contribution < -0.4 is 0 Å². The zero-order chi connectivity index (χ0) is 12.1. The molecule has 0 bridgehead atoms. The Kier molecular flexibility index (Phi) is 4.84. The Morgan fingerprint density at radius 3 is 2.69 bits per heavy atom. The fraction of sp³-hybridized carbons (Fsp3) is 0.250. The molecule has 0 spiro atoms. The molecule has 0 saturated carbocycles. The van der Waals surface area contributed by atoms with Crippen molar-refractivity contribution in [1.29, 1.82) is 0 Å². The zero-order valence-electron chi connectivity index (χ0n) is 9.04. The first-order valence-electron chi connectivity index (χ1n) is 4.83. The molecular weight excluding hydrogens is 247 g/mol. The van der Waals surface area contributed by atoms with Gasteiger partial charge in [0.25, 0.3) is 0 Å². The normalized spacial score (nSPS) is 11.1. The maximum Gasteiger partial charge on any atom is 0.331 e. The molecule has 2 nitrogen and oxygen atoms in total. The van der Waals surface area contributed by atoms with E-state index >= 15 is 0 Å². The average Bonchev–Trinajstić information content (AvgIpc) is 2.19. The lowest BCUT2D eigenvalue weighted by atomic mass is 10.2. The minimum Gasteiger partial charge on any atom is -0.460 e. The van der Waals surface area contributed by atoms with Crippen LogP contribution in [0.2, 0.25) is 10.0 Å². The Hall–Kier alpha value is -0.990. The quantitative estimate of drug-likeness (QED) is 0.606. The van der Waals surface area contributed by atoms with Gasteiger partial charge in [-0.3, -0.25) is 0 Å². The molecule has 0 amide bonds. The maximum absolute atomic E-state index is 11.2. The lowest BCUT2D eigenvalue weighted by Gasteiger charge is -2.04. The van der Waals surface area contributed by atoms with Gasteiger partial charge in [0, 0.05) is 6.08 Å². The lowest BCUT2D eigenvalue weighted by Crippen LogP contribution is -2.08. The van der Waals surface area contributed by atoms with E-state index < -0.39 is 5.97 Å². The van der Waals surface area contributed by atoms with Gasteiger partial charge in [-0.15, -0.1) is 0 Å². The van der Waals surface area contributed by atoms with Gasteiger partial charge in [0.05, 0.1) is 16.1 Å². The first kappa shape index (κ1) is 13.1. The van der Waals surface area contributed by atoms with Crippen molar-refractivity contribution in [2.75, 3.05) is 0 Å². The molecule has 0 aromatic heterocycles. The van der Waals surface area contributed by atoms with Crippen LogP contribution in [0.5, 0.6) is 0 Å². The summed E-state index contributed by atoms with van der Waals surface area (Å²) in [5.41, 5.74) is 0.690. The molecule has 86 valence electrons.